The Labute approximate surface area is 339 Å². The first-order chi connectivity index (χ1) is 28.5. The normalized spacial score (nSPS) is 10.6. The molecule has 294 valence electrons. The van der Waals surface area contributed by atoms with Gasteiger partial charge in [-0.1, -0.05) is 18.2 Å². The Bertz CT molecular complexity index is 2220. The fraction of sp³-hybridized carbons (Fsp3) is 0.125. The first-order valence-electron chi connectivity index (χ1n) is 18.7. The third-order valence-corrected chi connectivity index (χ3v) is 9.23. The molecule has 58 heavy (non-hydrogen) atoms. The molecular formula is C48H46N4O6. The monoisotopic (exact) mass is 774 g/mol. The minimum absolute atomic E-state index is 0.354. The fourth-order valence-corrected chi connectivity index (χ4v) is 6.14. The van der Waals surface area contributed by atoms with Crippen LogP contribution in [0.4, 0.5) is 45.5 Å². The van der Waals surface area contributed by atoms with Crippen molar-refractivity contribution in [1.29, 1.82) is 0 Å². The third-order valence-electron chi connectivity index (χ3n) is 9.23. The largest absolute Gasteiger partial charge is 0.497 e. The molecule has 0 atom stereocenters. The van der Waals surface area contributed by atoms with Gasteiger partial charge in [-0.05, 0) is 151 Å². The van der Waals surface area contributed by atoms with E-state index in [2.05, 4.69) is 39.5 Å². The fourth-order valence-electron chi connectivity index (χ4n) is 6.14. The highest BCUT2D eigenvalue weighted by atomic mass is 16.5. The summed E-state index contributed by atoms with van der Waals surface area (Å²) in [5, 5.41) is 14.0. The van der Waals surface area contributed by atoms with Gasteiger partial charge in [0.1, 0.15) is 47.7 Å². The predicted molar refractivity (Wildman–Crippen MR) is 233 cm³/mol. The minimum atomic E-state index is 0.354. The molecule has 10 nitrogen and oxygen atoms in total. The maximum absolute atomic E-state index is 6.47. The lowest BCUT2D eigenvalue weighted by molar-refractivity contribution is 0.301. The summed E-state index contributed by atoms with van der Waals surface area (Å²) >= 11 is 0. The van der Waals surface area contributed by atoms with Crippen LogP contribution in [-0.4, -0.2) is 28.4 Å². The quantitative estimate of drug-likeness (QED) is 0.0674. The van der Waals surface area contributed by atoms with Crippen molar-refractivity contribution in [2.75, 3.05) is 49.7 Å². The summed E-state index contributed by atoms with van der Waals surface area (Å²) < 4.78 is 34.3. The van der Waals surface area contributed by atoms with Crippen LogP contribution in [0.3, 0.4) is 0 Å². The van der Waals surface area contributed by atoms with E-state index in [1.165, 1.54) is 0 Å². The van der Waals surface area contributed by atoms with Gasteiger partial charge < -0.3 is 49.7 Å². The molecular weight excluding hydrogens is 729 g/mol. The van der Waals surface area contributed by atoms with Gasteiger partial charge in [0.25, 0.3) is 0 Å². The van der Waals surface area contributed by atoms with Crippen molar-refractivity contribution in [2.45, 2.75) is 13.2 Å². The molecule has 7 aromatic rings. The summed E-state index contributed by atoms with van der Waals surface area (Å²) in [5.41, 5.74) is 9.11. The molecule has 7 aromatic carbocycles. The molecule has 0 unspecified atom stereocenters. The second kappa shape index (κ2) is 18.9. The molecule has 0 radical (unpaired) electrons. The number of ether oxygens (including phenoxy) is 6. The molecule has 0 amide bonds. The van der Waals surface area contributed by atoms with E-state index in [0.29, 0.717) is 24.7 Å². The van der Waals surface area contributed by atoms with Crippen LogP contribution in [0.5, 0.6) is 34.5 Å². The Balaban J connectivity index is 1.06. The van der Waals surface area contributed by atoms with Crippen LogP contribution >= 0.6 is 0 Å². The van der Waals surface area contributed by atoms with Gasteiger partial charge in [-0.2, -0.15) is 0 Å². The summed E-state index contributed by atoms with van der Waals surface area (Å²) in [6, 6.07) is 51.4. The summed E-state index contributed by atoms with van der Waals surface area (Å²) in [6.45, 7) is 0.707. The highest BCUT2D eigenvalue weighted by Crippen LogP contribution is 2.35. The van der Waals surface area contributed by atoms with Gasteiger partial charge >= 0.3 is 0 Å². The number of anilines is 8. The third kappa shape index (κ3) is 10.4. The Kier molecular flexibility index (Phi) is 12.7. The summed E-state index contributed by atoms with van der Waals surface area (Å²) in [4.78, 5) is 0. The highest BCUT2D eigenvalue weighted by Gasteiger charge is 2.11. The summed E-state index contributed by atoms with van der Waals surface area (Å²) in [6.07, 6.45) is 0. The number of hydrogen-bond acceptors (Lipinski definition) is 10. The van der Waals surface area contributed by atoms with Gasteiger partial charge in [0.05, 0.1) is 39.8 Å². The van der Waals surface area contributed by atoms with Crippen LogP contribution in [0.1, 0.15) is 11.1 Å². The SMILES string of the molecule is COc1ccc(Nc2ccc(OCc3cccc(COc4ccc(Nc5ccc(OC)cc5)cc4Nc4ccc(OC)cc4)c3)c(Nc3ccc(OC)cc3)c2)cc1. The molecule has 10 heteroatoms. The molecule has 7 rings (SSSR count). The molecule has 0 fully saturated rings. The van der Waals surface area contributed by atoms with Crippen LogP contribution in [0.15, 0.2) is 158 Å². The number of nitrogens with one attached hydrogen (secondary N) is 4. The number of methoxy groups -OCH3 is 4. The molecule has 0 saturated carbocycles. The van der Waals surface area contributed by atoms with Gasteiger partial charge in [-0.15, -0.1) is 0 Å². The van der Waals surface area contributed by atoms with Gasteiger partial charge in [0.2, 0.25) is 0 Å². The van der Waals surface area contributed by atoms with E-state index in [-0.39, 0.29) is 0 Å². The van der Waals surface area contributed by atoms with Crippen LogP contribution in [0.25, 0.3) is 0 Å². The maximum Gasteiger partial charge on any atom is 0.143 e. The van der Waals surface area contributed by atoms with Crippen LogP contribution in [-0.2, 0) is 13.2 Å². The molecule has 0 bridgehead atoms. The van der Waals surface area contributed by atoms with Crippen molar-refractivity contribution in [1.82, 2.24) is 0 Å². The van der Waals surface area contributed by atoms with Gasteiger partial charge in [-0.25, -0.2) is 0 Å². The second-order valence-corrected chi connectivity index (χ2v) is 13.2. The number of rotatable bonds is 18. The highest BCUT2D eigenvalue weighted by molar-refractivity contribution is 5.75. The van der Waals surface area contributed by atoms with E-state index in [1.807, 2.05) is 140 Å². The van der Waals surface area contributed by atoms with Gasteiger partial charge in [-0.3, -0.25) is 0 Å². The van der Waals surface area contributed by atoms with E-state index >= 15 is 0 Å². The maximum atomic E-state index is 6.47. The molecule has 0 aliphatic heterocycles. The average Bonchev–Trinajstić information content (AvgIpc) is 3.27. The van der Waals surface area contributed by atoms with E-state index in [4.69, 9.17) is 28.4 Å². The smallest absolute Gasteiger partial charge is 0.143 e. The van der Waals surface area contributed by atoms with Crippen LogP contribution in [0, 0.1) is 0 Å². The van der Waals surface area contributed by atoms with E-state index < -0.39 is 0 Å². The summed E-state index contributed by atoms with van der Waals surface area (Å²) in [5.74, 6) is 4.57. The van der Waals surface area contributed by atoms with Crippen molar-refractivity contribution in [3.63, 3.8) is 0 Å². The van der Waals surface area contributed by atoms with Crippen molar-refractivity contribution < 1.29 is 28.4 Å². The first-order valence-corrected chi connectivity index (χ1v) is 18.7. The average molecular weight is 775 g/mol. The lowest BCUT2D eigenvalue weighted by Crippen LogP contribution is -2.03. The number of benzene rings is 7. The lowest BCUT2D eigenvalue weighted by Gasteiger charge is -2.17. The molecule has 0 spiro atoms. The van der Waals surface area contributed by atoms with Crippen LogP contribution in [0.2, 0.25) is 0 Å². The summed E-state index contributed by atoms with van der Waals surface area (Å²) in [7, 11) is 6.63. The van der Waals surface area contributed by atoms with Crippen molar-refractivity contribution >= 4 is 45.5 Å². The van der Waals surface area contributed by atoms with Crippen molar-refractivity contribution in [3.05, 3.63) is 169 Å². The predicted octanol–water partition coefficient (Wildman–Crippen LogP) is 11.9. The standard InChI is InChI=1S/C48H46N4O6/c1-53-41-18-8-35(9-19-41)49-39-16-26-47(45(29-39)51-37-12-22-43(55-3)23-13-37)57-31-33-6-5-7-34(28-33)32-58-48-27-17-40(50-36-10-20-42(54-2)21-11-36)30-46(48)52-38-14-24-44(56-4)25-15-38/h5-30,49-52H,31-32H2,1-4H3. The Morgan fingerprint density at radius 3 is 0.966 bits per heavy atom. The molecule has 0 heterocycles. The zero-order valence-corrected chi connectivity index (χ0v) is 32.9. The molecule has 0 aromatic heterocycles. The number of hydrogen-bond donors (Lipinski definition) is 4. The molecule has 0 aliphatic rings. The van der Waals surface area contributed by atoms with Crippen molar-refractivity contribution in [3.8, 4) is 34.5 Å². The van der Waals surface area contributed by atoms with E-state index in [0.717, 1.165) is 79.6 Å². The Morgan fingerprint density at radius 1 is 0.328 bits per heavy atom. The van der Waals surface area contributed by atoms with Crippen LogP contribution < -0.4 is 49.7 Å². The topological polar surface area (TPSA) is 104 Å². The molecule has 4 N–H and O–H groups in total. The molecule has 0 saturated heterocycles. The second-order valence-electron chi connectivity index (χ2n) is 13.2. The minimum Gasteiger partial charge on any atom is -0.497 e. The Hall–Kier alpha value is -7.46. The van der Waals surface area contributed by atoms with E-state index in [1.54, 1.807) is 28.4 Å². The van der Waals surface area contributed by atoms with Gasteiger partial charge in [0, 0.05) is 34.1 Å². The van der Waals surface area contributed by atoms with E-state index in [9.17, 15) is 0 Å². The lowest BCUT2D eigenvalue weighted by atomic mass is 10.1. The van der Waals surface area contributed by atoms with Gasteiger partial charge in [0.15, 0.2) is 0 Å². The van der Waals surface area contributed by atoms with Crippen molar-refractivity contribution in [2.24, 2.45) is 0 Å². The molecule has 0 aliphatic carbocycles. The first kappa shape index (κ1) is 38.8. The zero-order chi connectivity index (χ0) is 40.1. The zero-order valence-electron chi connectivity index (χ0n) is 32.9. The Morgan fingerprint density at radius 2 is 0.638 bits per heavy atom.